The van der Waals surface area contributed by atoms with E-state index in [9.17, 15) is 19.0 Å². The number of unbranched alkanes of at least 4 members (excludes halogenated alkanes) is 33. The summed E-state index contributed by atoms with van der Waals surface area (Å²) in [5, 5.41) is 3.04. The zero-order valence-electron chi connectivity index (χ0n) is 53.7. The van der Waals surface area contributed by atoms with Crippen molar-refractivity contribution in [1.29, 1.82) is 0 Å². The average Bonchev–Trinajstić information content (AvgIpc) is 3.44. The van der Waals surface area contributed by atoms with Crippen molar-refractivity contribution >= 4 is 19.7 Å². The van der Waals surface area contributed by atoms with Crippen molar-refractivity contribution < 1.29 is 37.3 Å². The Morgan fingerprint density at radius 2 is 0.753 bits per heavy atom. The molecule has 0 rings (SSSR count). The number of amides is 1. The first-order chi connectivity index (χ1) is 39.4. The monoisotopic (exact) mass is 1150 g/mol. The van der Waals surface area contributed by atoms with E-state index in [1.165, 1.54) is 161 Å². The number of hydrogen-bond acceptors (Lipinski definition) is 7. The van der Waals surface area contributed by atoms with Gasteiger partial charge < -0.3 is 28.5 Å². The lowest BCUT2D eigenvalue weighted by atomic mass is 10.0. The van der Waals surface area contributed by atoms with E-state index in [0.29, 0.717) is 17.4 Å². The lowest BCUT2D eigenvalue weighted by molar-refractivity contribution is -0.870. The van der Waals surface area contributed by atoms with E-state index in [2.05, 4.69) is 99.0 Å². The second-order valence-corrected chi connectivity index (χ2v) is 25.4. The number of nitrogens with one attached hydrogen (secondary N) is 1. The Morgan fingerprint density at radius 3 is 1.15 bits per heavy atom. The third kappa shape index (κ3) is 61.6. The van der Waals surface area contributed by atoms with Gasteiger partial charge in [0.15, 0.2) is 0 Å². The van der Waals surface area contributed by atoms with E-state index in [0.717, 1.165) is 109 Å². The molecule has 0 fully saturated rings. The maximum absolute atomic E-state index is 13.6. The molecule has 470 valence electrons. The summed E-state index contributed by atoms with van der Waals surface area (Å²) in [6, 6.07) is -0.899. The molecule has 0 bridgehead atoms. The highest BCUT2D eigenvalue weighted by molar-refractivity contribution is 7.45. The maximum Gasteiger partial charge on any atom is 0.306 e. The Morgan fingerprint density at radius 1 is 0.432 bits per heavy atom. The first-order valence-electron chi connectivity index (χ1n) is 33.9. The molecule has 0 spiro atoms. The fourth-order valence-electron chi connectivity index (χ4n) is 9.54. The summed E-state index contributed by atoms with van der Waals surface area (Å²) < 4.78 is 30.4. The van der Waals surface area contributed by atoms with Gasteiger partial charge in [-0.15, -0.1) is 0 Å². The third-order valence-electron chi connectivity index (χ3n) is 14.8. The number of quaternary nitrogens is 1. The van der Waals surface area contributed by atoms with E-state index in [4.69, 9.17) is 13.8 Å². The Bertz CT molecular complexity index is 1660. The van der Waals surface area contributed by atoms with Crippen LogP contribution in [0.5, 0.6) is 0 Å². The number of hydrogen-bond donors (Lipinski definition) is 1. The van der Waals surface area contributed by atoms with Gasteiger partial charge in [0.1, 0.15) is 19.3 Å². The average molecular weight is 1150 g/mol. The minimum absolute atomic E-state index is 0.0277. The summed E-state index contributed by atoms with van der Waals surface area (Å²) in [6.45, 7) is 6.80. The molecule has 1 N–H and O–H groups in total. The Kier molecular flexibility index (Phi) is 58.2. The van der Waals surface area contributed by atoms with Crippen molar-refractivity contribution in [3.8, 4) is 0 Å². The predicted molar refractivity (Wildman–Crippen MR) is 348 cm³/mol. The van der Waals surface area contributed by atoms with Crippen molar-refractivity contribution in [3.05, 3.63) is 85.1 Å². The number of carbonyl (C=O) groups excluding carboxylic acids is 2. The fourth-order valence-corrected chi connectivity index (χ4v) is 10.3. The molecule has 81 heavy (non-hydrogen) atoms. The van der Waals surface area contributed by atoms with E-state index in [1.54, 1.807) is 0 Å². The molecule has 0 saturated heterocycles. The zero-order chi connectivity index (χ0) is 59.3. The number of phosphoric acid groups is 1. The molecule has 0 aliphatic rings. The van der Waals surface area contributed by atoms with E-state index >= 15 is 0 Å². The Hall–Kier alpha value is -2.81. The molecule has 0 aromatic rings. The number of carbonyl (C=O) groups is 2. The first-order valence-corrected chi connectivity index (χ1v) is 35.4. The summed E-state index contributed by atoms with van der Waals surface area (Å²) in [4.78, 5) is 40.1. The van der Waals surface area contributed by atoms with Gasteiger partial charge in [-0.05, 0) is 109 Å². The zero-order valence-corrected chi connectivity index (χ0v) is 54.6. The lowest BCUT2D eigenvalue weighted by Crippen LogP contribution is -2.47. The molecule has 0 saturated carbocycles. The summed E-state index contributed by atoms with van der Waals surface area (Å²) in [6.07, 6.45) is 79.7. The van der Waals surface area contributed by atoms with Crippen molar-refractivity contribution in [2.24, 2.45) is 0 Å². The normalized spacial score (nSPS) is 14.1. The fraction of sp³-hybridized carbons (Fsp3) is 0.775. The van der Waals surface area contributed by atoms with Gasteiger partial charge in [0.25, 0.3) is 7.82 Å². The van der Waals surface area contributed by atoms with Gasteiger partial charge in [-0.2, -0.15) is 0 Å². The van der Waals surface area contributed by atoms with Gasteiger partial charge >= 0.3 is 5.97 Å². The van der Waals surface area contributed by atoms with Crippen LogP contribution in [0.1, 0.15) is 303 Å². The lowest BCUT2D eigenvalue weighted by Gasteiger charge is -2.30. The Labute approximate surface area is 501 Å². The molecule has 1 amide bonds. The smallest absolute Gasteiger partial charge is 0.306 e. The number of likely N-dealkylation sites (N-methyl/N-ethyl adjacent to an activating group) is 1. The molecule has 0 aliphatic heterocycles. The number of rotatable bonds is 61. The van der Waals surface area contributed by atoms with Crippen LogP contribution in [0.25, 0.3) is 0 Å². The third-order valence-corrected chi connectivity index (χ3v) is 15.8. The predicted octanol–water partition coefficient (Wildman–Crippen LogP) is 20.7. The van der Waals surface area contributed by atoms with Gasteiger partial charge in [0.05, 0.1) is 33.8 Å². The summed E-state index contributed by atoms with van der Waals surface area (Å²) >= 11 is 0. The minimum atomic E-state index is -4.71. The molecule has 3 unspecified atom stereocenters. The van der Waals surface area contributed by atoms with Gasteiger partial charge in [0, 0.05) is 12.8 Å². The van der Waals surface area contributed by atoms with Crippen LogP contribution in [0.2, 0.25) is 0 Å². The van der Waals surface area contributed by atoms with Crippen LogP contribution in [0.3, 0.4) is 0 Å². The summed E-state index contributed by atoms with van der Waals surface area (Å²) in [5.74, 6) is -0.553. The van der Waals surface area contributed by atoms with Crippen LogP contribution in [0.4, 0.5) is 0 Å². The standard InChI is InChI=1S/C71H129N2O7P/c1-7-10-13-16-19-22-25-28-30-32-33-34-35-36-37-38-39-41-42-45-48-51-54-57-60-63-70(74)72-68(67-79-81(76,77)78-66-65-73(4,5)6)69(62-59-56-53-50-47-44-27-24-21-18-15-12-9-3)80-71(75)64-61-58-55-52-49-46-43-40-31-29-26-23-20-17-14-11-8-2/h19-20,22-23,28-31,33-34,36-37,59,62,68-69H,7-18,21,24-27,32,35,38-58,60-61,63-67H2,1-6H3,(H-,72,74,76,77)/b22-19-,23-20-,30-28-,31-29-,34-33-,37-36-,62-59-. The highest BCUT2D eigenvalue weighted by atomic mass is 31.2. The van der Waals surface area contributed by atoms with Crippen LogP contribution in [0.15, 0.2) is 85.1 Å². The second-order valence-electron chi connectivity index (χ2n) is 24.0. The highest BCUT2D eigenvalue weighted by Gasteiger charge is 2.27. The molecule has 0 aromatic carbocycles. The van der Waals surface area contributed by atoms with Crippen LogP contribution in [0, 0.1) is 0 Å². The topological polar surface area (TPSA) is 114 Å². The van der Waals surface area contributed by atoms with Gasteiger partial charge in [-0.25, -0.2) is 0 Å². The number of nitrogens with zero attached hydrogens (tertiary/aromatic N) is 1. The summed E-state index contributed by atoms with van der Waals surface area (Å²) in [5.41, 5.74) is 0. The number of esters is 1. The van der Waals surface area contributed by atoms with E-state index < -0.39 is 26.6 Å². The highest BCUT2D eigenvalue weighted by Crippen LogP contribution is 2.38. The minimum Gasteiger partial charge on any atom is -0.756 e. The molecule has 0 heterocycles. The van der Waals surface area contributed by atoms with Crippen LogP contribution >= 0.6 is 7.82 Å². The van der Waals surface area contributed by atoms with Crippen molar-refractivity contribution in [2.75, 3.05) is 40.9 Å². The molecule has 0 radical (unpaired) electrons. The van der Waals surface area contributed by atoms with Gasteiger partial charge in [-0.3, -0.25) is 14.2 Å². The number of ether oxygens (including phenoxy) is 1. The number of allylic oxidation sites excluding steroid dienone is 13. The van der Waals surface area contributed by atoms with Crippen molar-refractivity contribution in [3.63, 3.8) is 0 Å². The van der Waals surface area contributed by atoms with Crippen molar-refractivity contribution in [1.82, 2.24) is 5.32 Å². The van der Waals surface area contributed by atoms with Crippen molar-refractivity contribution in [2.45, 2.75) is 315 Å². The summed E-state index contributed by atoms with van der Waals surface area (Å²) in [7, 11) is 1.17. The van der Waals surface area contributed by atoms with Crippen LogP contribution < -0.4 is 10.2 Å². The molecule has 3 atom stereocenters. The molecule has 9 nitrogen and oxygen atoms in total. The maximum atomic E-state index is 13.6. The largest absolute Gasteiger partial charge is 0.756 e. The Balaban J connectivity index is 5.18. The first kappa shape index (κ1) is 78.2. The van der Waals surface area contributed by atoms with Gasteiger partial charge in [-0.1, -0.05) is 267 Å². The molecular weight excluding hydrogens is 1020 g/mol. The van der Waals surface area contributed by atoms with Crippen LogP contribution in [-0.4, -0.2) is 69.4 Å². The number of phosphoric ester groups is 1. The van der Waals surface area contributed by atoms with Crippen LogP contribution in [-0.2, 0) is 27.9 Å². The molecule has 0 aliphatic carbocycles. The molecule has 10 heteroatoms. The molecular formula is C71H129N2O7P. The van der Waals surface area contributed by atoms with E-state index in [-0.39, 0.29) is 24.9 Å². The quantitative estimate of drug-likeness (QED) is 0.0212. The SMILES string of the molecule is CCCCC/C=C\C/C=C\C/C=C\C/C=C\CCCCCCCCCCCC(=O)NC(COP(=O)([O-])OCC[N+](C)(C)C)C(/C=C\CCCCCCCCCCCCC)OC(=O)CCCCCCCCC/C=C\C/C=C\CCCCC. The molecule has 0 aromatic heterocycles. The second kappa shape index (κ2) is 60.3. The van der Waals surface area contributed by atoms with Gasteiger partial charge in [0.2, 0.25) is 5.91 Å². The van der Waals surface area contributed by atoms with E-state index in [1.807, 2.05) is 33.3 Å².